The Bertz CT molecular complexity index is 803. The van der Waals surface area contributed by atoms with Crippen LogP contribution in [0.15, 0.2) is 42.6 Å². The third kappa shape index (κ3) is 6.54. The molecule has 7 nitrogen and oxygen atoms in total. The normalized spacial score (nSPS) is 10.1. The van der Waals surface area contributed by atoms with E-state index in [2.05, 4.69) is 27.9 Å². The Morgan fingerprint density at radius 3 is 2.22 bits per heavy atom. The molecule has 0 radical (unpaired) electrons. The maximum Gasteiger partial charge on any atom is 0.269 e. The van der Waals surface area contributed by atoms with E-state index in [9.17, 15) is 14.4 Å². The molecule has 0 spiro atoms. The molecule has 1 aromatic heterocycles. The number of anilines is 2. The van der Waals surface area contributed by atoms with Crippen LogP contribution in [0.1, 0.15) is 54.0 Å². The van der Waals surface area contributed by atoms with Crippen molar-refractivity contribution in [1.29, 1.82) is 0 Å². The Morgan fingerprint density at radius 1 is 0.926 bits per heavy atom. The molecule has 3 N–H and O–H groups in total. The number of carbonyl (C=O) groups is 3. The predicted octanol–water partition coefficient (Wildman–Crippen LogP) is 3.21. The molecule has 0 unspecified atom stereocenters. The van der Waals surface area contributed by atoms with E-state index in [4.69, 9.17) is 0 Å². The van der Waals surface area contributed by atoms with Crippen molar-refractivity contribution in [2.75, 3.05) is 17.2 Å². The van der Waals surface area contributed by atoms with E-state index in [0.717, 1.165) is 19.3 Å². The number of unbranched alkanes of at least 4 members (excludes halogenated alkanes) is 2. The maximum absolute atomic E-state index is 12.4. The fourth-order valence-electron chi connectivity index (χ4n) is 2.41. The SMILES string of the molecule is CCCCCNC(=O)c1cc(C(=O)Nc2ccc(NC(C)=O)cc2)ccn1. The van der Waals surface area contributed by atoms with E-state index >= 15 is 0 Å². The van der Waals surface area contributed by atoms with Crippen LogP contribution >= 0.6 is 0 Å². The standard InChI is InChI=1S/C20H24N4O3/c1-3-4-5-11-22-20(27)18-13-15(10-12-21-18)19(26)24-17-8-6-16(7-9-17)23-14(2)25/h6-10,12-13H,3-5,11H2,1-2H3,(H,22,27)(H,23,25)(H,24,26). The van der Waals surface area contributed by atoms with Crippen molar-refractivity contribution in [2.24, 2.45) is 0 Å². The summed E-state index contributed by atoms with van der Waals surface area (Å²) in [4.78, 5) is 39.6. The van der Waals surface area contributed by atoms with Gasteiger partial charge in [0.15, 0.2) is 0 Å². The minimum atomic E-state index is -0.343. The van der Waals surface area contributed by atoms with Gasteiger partial charge in [0.05, 0.1) is 0 Å². The molecular weight excluding hydrogens is 344 g/mol. The number of rotatable bonds is 8. The lowest BCUT2D eigenvalue weighted by molar-refractivity contribution is -0.114. The first-order chi connectivity index (χ1) is 13.0. The molecule has 2 aromatic rings. The number of nitrogens with one attached hydrogen (secondary N) is 3. The van der Waals surface area contributed by atoms with Gasteiger partial charge in [0.2, 0.25) is 5.91 Å². The summed E-state index contributed by atoms with van der Waals surface area (Å²) in [6, 6.07) is 9.78. The molecule has 27 heavy (non-hydrogen) atoms. The van der Waals surface area contributed by atoms with Crippen molar-refractivity contribution < 1.29 is 14.4 Å². The zero-order valence-corrected chi connectivity index (χ0v) is 15.5. The van der Waals surface area contributed by atoms with Gasteiger partial charge in [0.1, 0.15) is 5.69 Å². The van der Waals surface area contributed by atoms with Gasteiger partial charge < -0.3 is 16.0 Å². The lowest BCUT2D eigenvalue weighted by Crippen LogP contribution is -2.25. The van der Waals surface area contributed by atoms with Crippen molar-refractivity contribution in [2.45, 2.75) is 33.1 Å². The number of benzene rings is 1. The minimum absolute atomic E-state index is 0.163. The molecule has 142 valence electrons. The lowest BCUT2D eigenvalue weighted by atomic mass is 10.2. The molecule has 0 bridgehead atoms. The Hall–Kier alpha value is -3.22. The molecule has 0 atom stereocenters. The van der Waals surface area contributed by atoms with Gasteiger partial charge in [-0.25, -0.2) is 0 Å². The van der Waals surface area contributed by atoms with Gasteiger partial charge in [0.25, 0.3) is 11.8 Å². The van der Waals surface area contributed by atoms with Crippen molar-refractivity contribution in [3.05, 3.63) is 53.9 Å². The first-order valence-electron chi connectivity index (χ1n) is 8.93. The number of aromatic nitrogens is 1. The second kappa shape index (κ2) is 10.1. The Kier molecular flexibility index (Phi) is 7.49. The fraction of sp³-hybridized carbons (Fsp3) is 0.300. The highest BCUT2D eigenvalue weighted by atomic mass is 16.2. The molecule has 0 saturated heterocycles. The van der Waals surface area contributed by atoms with Crippen LogP contribution in [0.25, 0.3) is 0 Å². The molecule has 0 aliphatic heterocycles. The molecule has 1 heterocycles. The molecule has 0 saturated carbocycles. The Balaban J connectivity index is 1.98. The highest BCUT2D eigenvalue weighted by Crippen LogP contribution is 2.15. The molecule has 7 heteroatoms. The average Bonchev–Trinajstić information content (AvgIpc) is 2.66. The molecule has 2 rings (SSSR count). The van der Waals surface area contributed by atoms with Gasteiger partial charge in [-0.15, -0.1) is 0 Å². The van der Waals surface area contributed by atoms with Crippen LogP contribution in [0.3, 0.4) is 0 Å². The average molecular weight is 368 g/mol. The Labute approximate surface area is 158 Å². The summed E-state index contributed by atoms with van der Waals surface area (Å²) < 4.78 is 0. The van der Waals surface area contributed by atoms with E-state index in [1.165, 1.54) is 19.2 Å². The molecule has 0 aliphatic carbocycles. The van der Waals surface area contributed by atoms with Crippen LogP contribution in [-0.2, 0) is 4.79 Å². The van der Waals surface area contributed by atoms with Gasteiger partial charge in [-0.2, -0.15) is 0 Å². The quantitative estimate of drug-likeness (QED) is 0.623. The highest BCUT2D eigenvalue weighted by Gasteiger charge is 2.12. The zero-order valence-electron chi connectivity index (χ0n) is 15.5. The summed E-state index contributed by atoms with van der Waals surface area (Å²) in [6.07, 6.45) is 4.49. The van der Waals surface area contributed by atoms with Gasteiger partial charge in [0, 0.05) is 36.6 Å². The first-order valence-corrected chi connectivity index (χ1v) is 8.93. The van der Waals surface area contributed by atoms with E-state index in [-0.39, 0.29) is 23.4 Å². The third-order valence-corrected chi connectivity index (χ3v) is 3.78. The van der Waals surface area contributed by atoms with E-state index < -0.39 is 0 Å². The topological polar surface area (TPSA) is 100 Å². The summed E-state index contributed by atoms with van der Waals surface area (Å²) in [5.74, 6) is -0.797. The van der Waals surface area contributed by atoms with E-state index in [1.54, 1.807) is 30.3 Å². The monoisotopic (exact) mass is 368 g/mol. The van der Waals surface area contributed by atoms with Crippen LogP contribution in [0.4, 0.5) is 11.4 Å². The van der Waals surface area contributed by atoms with E-state index in [1.807, 2.05) is 0 Å². The number of amides is 3. The second-order valence-corrected chi connectivity index (χ2v) is 6.11. The summed E-state index contributed by atoms with van der Waals surface area (Å²) in [6.45, 7) is 4.11. The number of nitrogens with zero attached hydrogens (tertiary/aromatic N) is 1. The lowest BCUT2D eigenvalue weighted by Gasteiger charge is -2.08. The zero-order chi connectivity index (χ0) is 19.6. The third-order valence-electron chi connectivity index (χ3n) is 3.78. The van der Waals surface area contributed by atoms with E-state index in [0.29, 0.717) is 23.5 Å². The fourth-order valence-corrected chi connectivity index (χ4v) is 2.41. The van der Waals surface area contributed by atoms with Crippen molar-refractivity contribution in [3.63, 3.8) is 0 Å². The van der Waals surface area contributed by atoms with Crippen LogP contribution in [0.2, 0.25) is 0 Å². The summed E-state index contributed by atoms with van der Waals surface area (Å²) in [5.41, 5.74) is 1.78. The molecular formula is C20H24N4O3. The van der Waals surface area contributed by atoms with Crippen molar-refractivity contribution in [1.82, 2.24) is 10.3 Å². The van der Waals surface area contributed by atoms with Crippen molar-refractivity contribution >= 4 is 29.1 Å². The molecule has 0 aliphatic rings. The maximum atomic E-state index is 12.4. The first kappa shape index (κ1) is 20.1. The van der Waals surface area contributed by atoms with Gasteiger partial charge >= 0.3 is 0 Å². The smallest absolute Gasteiger partial charge is 0.269 e. The van der Waals surface area contributed by atoms with Gasteiger partial charge in [-0.1, -0.05) is 19.8 Å². The Morgan fingerprint density at radius 2 is 1.59 bits per heavy atom. The number of pyridine rings is 1. The van der Waals surface area contributed by atoms with Crippen LogP contribution in [0, 0.1) is 0 Å². The number of carbonyl (C=O) groups excluding carboxylic acids is 3. The highest BCUT2D eigenvalue weighted by molar-refractivity contribution is 6.05. The number of hydrogen-bond acceptors (Lipinski definition) is 4. The van der Waals surface area contributed by atoms with Gasteiger partial charge in [-0.3, -0.25) is 19.4 Å². The van der Waals surface area contributed by atoms with Crippen LogP contribution in [0.5, 0.6) is 0 Å². The molecule has 3 amide bonds. The predicted molar refractivity (Wildman–Crippen MR) is 105 cm³/mol. The van der Waals surface area contributed by atoms with Crippen LogP contribution < -0.4 is 16.0 Å². The molecule has 1 aromatic carbocycles. The largest absolute Gasteiger partial charge is 0.351 e. The number of hydrogen-bond donors (Lipinski definition) is 3. The summed E-state index contributed by atoms with van der Waals surface area (Å²) in [7, 11) is 0. The van der Waals surface area contributed by atoms with Crippen molar-refractivity contribution in [3.8, 4) is 0 Å². The van der Waals surface area contributed by atoms with Gasteiger partial charge in [-0.05, 0) is 42.8 Å². The minimum Gasteiger partial charge on any atom is -0.351 e. The molecule has 0 fully saturated rings. The summed E-state index contributed by atoms with van der Waals surface area (Å²) in [5, 5.41) is 8.21. The van der Waals surface area contributed by atoms with Crippen LogP contribution in [-0.4, -0.2) is 29.3 Å². The summed E-state index contributed by atoms with van der Waals surface area (Å²) >= 11 is 0. The second-order valence-electron chi connectivity index (χ2n) is 6.11.